The number of esters is 1. The number of carbonyl (C=O) groups is 1. The third kappa shape index (κ3) is 3.80. The van der Waals surface area contributed by atoms with E-state index in [1.54, 1.807) is 6.92 Å². The third-order valence-electron chi connectivity index (χ3n) is 6.27. The molecule has 5 rings (SSSR count). The first kappa shape index (κ1) is 21.3. The molecule has 0 saturated heterocycles. The fourth-order valence-electron chi connectivity index (χ4n) is 4.73. The second-order valence-corrected chi connectivity index (χ2v) is 8.52. The minimum absolute atomic E-state index is 0.293. The molecule has 168 valence electrons. The van der Waals surface area contributed by atoms with E-state index in [0.29, 0.717) is 25.3 Å². The van der Waals surface area contributed by atoms with Crippen LogP contribution in [0.25, 0.3) is 32.9 Å². The Morgan fingerprint density at radius 2 is 2.09 bits per heavy atom. The van der Waals surface area contributed by atoms with Crippen LogP contribution in [0.3, 0.4) is 0 Å². The molecule has 0 radical (unpaired) electrons. The maximum atomic E-state index is 11.4. The third-order valence-corrected chi connectivity index (χ3v) is 6.27. The van der Waals surface area contributed by atoms with Crippen molar-refractivity contribution in [2.45, 2.75) is 39.7 Å². The molecule has 0 saturated carbocycles. The number of aliphatic hydroxyl groups is 1. The van der Waals surface area contributed by atoms with Gasteiger partial charge in [-0.2, -0.15) is 0 Å². The van der Waals surface area contributed by atoms with Crippen molar-refractivity contribution in [1.29, 1.82) is 0 Å². The van der Waals surface area contributed by atoms with Crippen LogP contribution in [0.5, 0.6) is 5.75 Å². The first-order valence-electron chi connectivity index (χ1n) is 11.2. The van der Waals surface area contributed by atoms with Crippen molar-refractivity contribution < 1.29 is 19.4 Å². The molecule has 1 aliphatic heterocycles. The Hall–Kier alpha value is -3.51. The lowest BCUT2D eigenvalue weighted by molar-refractivity contribution is -0.140. The number of ether oxygens (including phenoxy) is 2. The first-order chi connectivity index (χ1) is 15.9. The molecular weight excluding hydrogens is 416 g/mol. The molecule has 0 aliphatic carbocycles. The van der Waals surface area contributed by atoms with Crippen LogP contribution in [0, 0.1) is 6.92 Å². The zero-order valence-electron chi connectivity index (χ0n) is 19.0. The van der Waals surface area contributed by atoms with Crippen LogP contribution in [-0.4, -0.2) is 34.3 Å². The Morgan fingerprint density at radius 1 is 1.24 bits per heavy atom. The number of pyridine rings is 2. The summed E-state index contributed by atoms with van der Waals surface area (Å²) in [5.41, 5.74) is 7.74. The number of aliphatic hydroxyl groups excluding tert-OH is 1. The average Bonchev–Trinajstić information content (AvgIpc) is 2.79. The highest BCUT2D eigenvalue weighted by molar-refractivity contribution is 6.07. The molecule has 1 atom stereocenters. The largest absolute Gasteiger partial charge is 0.493 e. The van der Waals surface area contributed by atoms with E-state index in [9.17, 15) is 9.90 Å². The van der Waals surface area contributed by atoms with Gasteiger partial charge >= 0.3 is 5.97 Å². The Morgan fingerprint density at radius 3 is 2.88 bits per heavy atom. The summed E-state index contributed by atoms with van der Waals surface area (Å²) in [5, 5.41) is 12.1. The Bertz CT molecular complexity index is 1380. The van der Waals surface area contributed by atoms with E-state index in [1.165, 1.54) is 12.5 Å². The van der Waals surface area contributed by atoms with Gasteiger partial charge in [0.15, 0.2) is 0 Å². The highest BCUT2D eigenvalue weighted by atomic mass is 16.5. The zero-order valence-corrected chi connectivity index (χ0v) is 19.0. The molecule has 1 N–H and O–H groups in total. The molecule has 3 heterocycles. The van der Waals surface area contributed by atoms with Crippen molar-refractivity contribution in [3.8, 4) is 16.9 Å². The van der Waals surface area contributed by atoms with Gasteiger partial charge in [-0.15, -0.1) is 0 Å². The van der Waals surface area contributed by atoms with Crippen molar-refractivity contribution >= 4 is 27.8 Å². The summed E-state index contributed by atoms with van der Waals surface area (Å²) in [6, 6.07) is 12.1. The predicted molar refractivity (Wildman–Crippen MR) is 127 cm³/mol. The van der Waals surface area contributed by atoms with Crippen LogP contribution < -0.4 is 4.74 Å². The van der Waals surface area contributed by atoms with Crippen molar-refractivity contribution in [1.82, 2.24) is 9.97 Å². The van der Waals surface area contributed by atoms with Crippen LogP contribution in [0.2, 0.25) is 0 Å². The molecule has 1 aliphatic rings. The maximum Gasteiger partial charge on any atom is 0.302 e. The number of carbonyl (C=O) groups excluding carboxylic acids is 1. The SMILES string of the molecule is CC(=O)OCCc1c(C)cc2nc(C(C)O)ccc2c1-c1ccc2c3c(ccnc13)CCO2. The van der Waals surface area contributed by atoms with Crippen LogP contribution in [0.1, 0.15) is 42.3 Å². The minimum Gasteiger partial charge on any atom is -0.493 e. The van der Waals surface area contributed by atoms with Gasteiger partial charge in [-0.05, 0) is 66.4 Å². The summed E-state index contributed by atoms with van der Waals surface area (Å²) >= 11 is 0. The van der Waals surface area contributed by atoms with Gasteiger partial charge in [0, 0.05) is 42.3 Å². The van der Waals surface area contributed by atoms with E-state index < -0.39 is 6.10 Å². The van der Waals surface area contributed by atoms with Crippen LogP contribution in [0.15, 0.2) is 42.6 Å². The predicted octanol–water partition coefficient (Wildman–Crippen LogP) is 4.85. The van der Waals surface area contributed by atoms with Gasteiger partial charge in [-0.1, -0.05) is 6.07 Å². The number of nitrogens with zero attached hydrogens (tertiary/aromatic N) is 2. The zero-order chi connectivity index (χ0) is 23.1. The number of aryl methyl sites for hydroxylation is 1. The second-order valence-electron chi connectivity index (χ2n) is 8.52. The molecule has 6 nitrogen and oxygen atoms in total. The summed E-state index contributed by atoms with van der Waals surface area (Å²) in [7, 11) is 0. The summed E-state index contributed by atoms with van der Waals surface area (Å²) in [6.45, 7) is 6.14. The fourth-order valence-corrected chi connectivity index (χ4v) is 4.73. The molecule has 0 amide bonds. The quantitative estimate of drug-likeness (QED) is 0.445. The monoisotopic (exact) mass is 442 g/mol. The summed E-state index contributed by atoms with van der Waals surface area (Å²) in [5.74, 6) is 0.565. The van der Waals surface area contributed by atoms with Crippen LogP contribution >= 0.6 is 0 Å². The number of rotatable bonds is 5. The molecule has 0 bridgehead atoms. The normalized spacial score (nSPS) is 13.7. The van der Waals surface area contributed by atoms with Gasteiger partial charge in [-0.3, -0.25) is 14.8 Å². The minimum atomic E-state index is -0.652. The number of hydrogen-bond acceptors (Lipinski definition) is 6. The Kier molecular flexibility index (Phi) is 5.46. The smallest absolute Gasteiger partial charge is 0.302 e. The van der Waals surface area contributed by atoms with Crippen molar-refractivity contribution in [3.63, 3.8) is 0 Å². The van der Waals surface area contributed by atoms with Crippen LogP contribution in [-0.2, 0) is 22.4 Å². The average molecular weight is 443 g/mol. The lowest BCUT2D eigenvalue weighted by Gasteiger charge is -2.22. The number of benzene rings is 2. The van der Waals surface area contributed by atoms with E-state index in [4.69, 9.17) is 19.4 Å². The van der Waals surface area contributed by atoms with E-state index in [2.05, 4.69) is 12.1 Å². The Labute approximate surface area is 192 Å². The van der Waals surface area contributed by atoms with Gasteiger partial charge in [0.25, 0.3) is 0 Å². The van der Waals surface area contributed by atoms with Gasteiger partial charge in [0.2, 0.25) is 0 Å². The van der Waals surface area contributed by atoms with Crippen molar-refractivity contribution in [2.75, 3.05) is 13.2 Å². The molecule has 4 aromatic rings. The number of hydrogen-bond donors (Lipinski definition) is 1. The number of aromatic nitrogens is 2. The summed E-state index contributed by atoms with van der Waals surface area (Å²) in [4.78, 5) is 20.9. The maximum absolute atomic E-state index is 11.4. The highest BCUT2D eigenvalue weighted by Gasteiger charge is 2.22. The van der Waals surface area contributed by atoms with E-state index in [0.717, 1.165) is 56.2 Å². The van der Waals surface area contributed by atoms with Crippen molar-refractivity contribution in [3.05, 3.63) is 65.0 Å². The molecule has 33 heavy (non-hydrogen) atoms. The standard InChI is InChI=1S/C27H26N2O4/c1-15-14-23-20(4-6-22(29-23)16(2)30)26(19(15)10-13-32-17(3)31)21-5-7-24-25-18(9-12-33-24)8-11-28-27(21)25/h4-8,11,14,16,30H,9-10,12-13H2,1-3H3. The topological polar surface area (TPSA) is 81.5 Å². The van der Waals surface area contributed by atoms with E-state index >= 15 is 0 Å². The lowest BCUT2D eigenvalue weighted by Crippen LogP contribution is -2.10. The fraction of sp³-hybridized carbons (Fsp3) is 0.296. The molecule has 1 unspecified atom stereocenters. The highest BCUT2D eigenvalue weighted by Crippen LogP contribution is 2.42. The van der Waals surface area contributed by atoms with Gasteiger partial charge in [0.1, 0.15) is 5.75 Å². The molecule has 6 heteroatoms. The Balaban J connectivity index is 1.80. The molecule has 2 aromatic heterocycles. The van der Waals surface area contributed by atoms with Crippen molar-refractivity contribution in [2.24, 2.45) is 0 Å². The van der Waals surface area contributed by atoms with Gasteiger partial charge in [-0.25, -0.2) is 0 Å². The molecule has 2 aromatic carbocycles. The summed E-state index contributed by atoms with van der Waals surface area (Å²) < 4.78 is 11.2. The van der Waals surface area contributed by atoms with E-state index in [1.807, 2.05) is 37.4 Å². The number of fused-ring (bicyclic) bond motifs is 1. The second kappa shape index (κ2) is 8.45. The van der Waals surface area contributed by atoms with Crippen LogP contribution in [0.4, 0.5) is 0 Å². The van der Waals surface area contributed by atoms with Gasteiger partial charge in [0.05, 0.1) is 36.0 Å². The lowest BCUT2D eigenvalue weighted by atomic mass is 9.88. The molecule has 0 spiro atoms. The summed E-state index contributed by atoms with van der Waals surface area (Å²) in [6.07, 6.45) is 2.63. The molecule has 0 fully saturated rings. The first-order valence-corrected chi connectivity index (χ1v) is 11.2. The van der Waals surface area contributed by atoms with Gasteiger partial charge < -0.3 is 14.6 Å². The molecular formula is C27H26N2O4. The van der Waals surface area contributed by atoms with E-state index in [-0.39, 0.29) is 5.97 Å².